The van der Waals surface area contributed by atoms with E-state index in [0.717, 1.165) is 31.6 Å². The molecule has 2 saturated heterocycles. The van der Waals surface area contributed by atoms with Crippen LogP contribution in [0.1, 0.15) is 48.5 Å². The molecule has 0 spiro atoms. The Bertz CT molecular complexity index is 476. The summed E-state index contributed by atoms with van der Waals surface area (Å²) in [5.41, 5.74) is 2.16. The number of carbonyl (C=O) groups excluding carboxylic acids is 1. The van der Waals surface area contributed by atoms with Crippen molar-refractivity contribution in [3.05, 3.63) is 35.4 Å². The van der Waals surface area contributed by atoms with Gasteiger partial charge in [0.15, 0.2) is 0 Å². The molecule has 21 heavy (non-hydrogen) atoms. The Morgan fingerprint density at radius 3 is 2.48 bits per heavy atom. The zero-order valence-electron chi connectivity index (χ0n) is 13.1. The first-order valence-corrected chi connectivity index (χ1v) is 8.33. The van der Waals surface area contributed by atoms with Gasteiger partial charge in [0.1, 0.15) is 0 Å². The molecule has 2 aliphatic rings. The van der Waals surface area contributed by atoms with Crippen molar-refractivity contribution in [3.8, 4) is 0 Å². The van der Waals surface area contributed by atoms with E-state index in [4.69, 9.17) is 0 Å². The van der Waals surface area contributed by atoms with Crippen molar-refractivity contribution >= 4 is 5.91 Å². The molecular formula is C18H26N2O. The number of likely N-dealkylation sites (tertiary alicyclic amines) is 2. The van der Waals surface area contributed by atoms with Crippen LogP contribution in [-0.4, -0.2) is 41.9 Å². The molecule has 0 bridgehead atoms. The fourth-order valence-corrected chi connectivity index (χ4v) is 3.51. The molecule has 0 unspecified atom stereocenters. The molecule has 1 aromatic carbocycles. The quantitative estimate of drug-likeness (QED) is 0.852. The predicted molar refractivity (Wildman–Crippen MR) is 85.3 cm³/mol. The second kappa shape index (κ2) is 6.61. The minimum absolute atomic E-state index is 0.203. The molecule has 2 fully saturated rings. The summed E-state index contributed by atoms with van der Waals surface area (Å²) in [6, 6.07) is 8.26. The van der Waals surface area contributed by atoms with Crippen LogP contribution in [0.15, 0.2) is 24.3 Å². The van der Waals surface area contributed by atoms with E-state index in [0.29, 0.717) is 5.92 Å². The molecule has 3 rings (SSSR count). The number of rotatable bonds is 3. The van der Waals surface area contributed by atoms with E-state index in [-0.39, 0.29) is 5.91 Å². The Morgan fingerprint density at radius 1 is 1.10 bits per heavy atom. The maximum atomic E-state index is 12.5. The lowest BCUT2D eigenvalue weighted by atomic mass is 9.99. The molecule has 3 nitrogen and oxygen atoms in total. The van der Waals surface area contributed by atoms with Gasteiger partial charge in [-0.3, -0.25) is 9.69 Å². The Kier molecular flexibility index (Phi) is 4.59. The van der Waals surface area contributed by atoms with Gasteiger partial charge >= 0.3 is 0 Å². The largest absolute Gasteiger partial charge is 0.338 e. The maximum absolute atomic E-state index is 12.5. The third-order valence-corrected chi connectivity index (χ3v) is 4.75. The molecule has 1 amide bonds. The van der Waals surface area contributed by atoms with Crippen LogP contribution in [0.5, 0.6) is 0 Å². The van der Waals surface area contributed by atoms with E-state index in [1.54, 1.807) is 0 Å². The first-order chi connectivity index (χ1) is 10.2. The fraction of sp³-hybridized carbons (Fsp3) is 0.611. The monoisotopic (exact) mass is 286 g/mol. The lowest BCUT2D eigenvalue weighted by Crippen LogP contribution is -2.39. The smallest absolute Gasteiger partial charge is 0.253 e. The summed E-state index contributed by atoms with van der Waals surface area (Å²) in [5, 5.41) is 0. The van der Waals surface area contributed by atoms with Crippen molar-refractivity contribution in [3.63, 3.8) is 0 Å². The average Bonchev–Trinajstić information content (AvgIpc) is 3.00. The van der Waals surface area contributed by atoms with Gasteiger partial charge in [-0.15, -0.1) is 0 Å². The van der Waals surface area contributed by atoms with Gasteiger partial charge in [0, 0.05) is 25.2 Å². The Labute approximate surface area is 127 Å². The van der Waals surface area contributed by atoms with Crippen LogP contribution in [0.4, 0.5) is 0 Å². The van der Waals surface area contributed by atoms with E-state index in [1.165, 1.54) is 37.9 Å². The third-order valence-electron chi connectivity index (χ3n) is 4.75. The van der Waals surface area contributed by atoms with Gasteiger partial charge in [-0.05, 0) is 62.4 Å². The van der Waals surface area contributed by atoms with E-state index in [9.17, 15) is 4.79 Å². The van der Waals surface area contributed by atoms with Crippen LogP contribution < -0.4 is 0 Å². The molecule has 2 heterocycles. The summed E-state index contributed by atoms with van der Waals surface area (Å²) in [4.78, 5) is 17.0. The van der Waals surface area contributed by atoms with E-state index < -0.39 is 0 Å². The average molecular weight is 286 g/mol. The van der Waals surface area contributed by atoms with Crippen molar-refractivity contribution in [2.45, 2.75) is 39.2 Å². The van der Waals surface area contributed by atoms with Crippen LogP contribution in [0.2, 0.25) is 0 Å². The van der Waals surface area contributed by atoms with Crippen molar-refractivity contribution < 1.29 is 4.79 Å². The van der Waals surface area contributed by atoms with Crippen LogP contribution in [-0.2, 0) is 6.54 Å². The van der Waals surface area contributed by atoms with Gasteiger partial charge in [0.25, 0.3) is 5.91 Å². The zero-order valence-corrected chi connectivity index (χ0v) is 13.1. The van der Waals surface area contributed by atoms with Gasteiger partial charge in [-0.1, -0.05) is 19.1 Å². The van der Waals surface area contributed by atoms with E-state index >= 15 is 0 Å². The molecule has 0 aliphatic carbocycles. The Hall–Kier alpha value is -1.35. The highest BCUT2D eigenvalue weighted by molar-refractivity contribution is 5.94. The third kappa shape index (κ3) is 3.65. The van der Waals surface area contributed by atoms with Gasteiger partial charge in [-0.25, -0.2) is 0 Å². The summed E-state index contributed by atoms with van der Waals surface area (Å²) in [6.45, 7) is 7.51. The standard InChI is InChI=1S/C18H26N2O/c1-15-5-4-12-20(13-15)18(21)17-8-6-16(7-9-17)14-19-10-2-3-11-19/h6-9,15H,2-5,10-14H2,1H3/t15-/m1/s1. The summed E-state index contributed by atoms with van der Waals surface area (Å²) in [6.07, 6.45) is 5.03. The molecule has 1 atom stereocenters. The van der Waals surface area contributed by atoms with Gasteiger partial charge in [0.05, 0.1) is 0 Å². The number of benzene rings is 1. The number of hydrogen-bond acceptors (Lipinski definition) is 2. The Balaban J connectivity index is 1.61. The van der Waals surface area contributed by atoms with Crippen molar-refractivity contribution in [2.75, 3.05) is 26.2 Å². The van der Waals surface area contributed by atoms with Crippen LogP contribution in [0.25, 0.3) is 0 Å². The highest BCUT2D eigenvalue weighted by Crippen LogP contribution is 2.19. The second-order valence-corrected chi connectivity index (χ2v) is 6.68. The maximum Gasteiger partial charge on any atom is 0.253 e. The van der Waals surface area contributed by atoms with Crippen LogP contribution in [0.3, 0.4) is 0 Å². The second-order valence-electron chi connectivity index (χ2n) is 6.68. The molecule has 0 aromatic heterocycles. The molecular weight excluding hydrogens is 260 g/mol. The number of amides is 1. The molecule has 0 radical (unpaired) electrons. The van der Waals surface area contributed by atoms with Crippen molar-refractivity contribution in [1.29, 1.82) is 0 Å². The topological polar surface area (TPSA) is 23.6 Å². The minimum Gasteiger partial charge on any atom is -0.338 e. The molecule has 114 valence electrons. The van der Waals surface area contributed by atoms with Crippen molar-refractivity contribution in [2.24, 2.45) is 5.92 Å². The zero-order chi connectivity index (χ0) is 14.7. The first kappa shape index (κ1) is 14.6. The number of nitrogens with zero attached hydrogens (tertiary/aromatic N) is 2. The van der Waals surface area contributed by atoms with E-state index in [2.05, 4.69) is 24.0 Å². The first-order valence-electron chi connectivity index (χ1n) is 8.33. The van der Waals surface area contributed by atoms with Gasteiger partial charge in [0.2, 0.25) is 0 Å². The van der Waals surface area contributed by atoms with Crippen LogP contribution in [0, 0.1) is 5.92 Å². The molecule has 0 N–H and O–H groups in total. The lowest BCUT2D eigenvalue weighted by Gasteiger charge is -2.31. The SMILES string of the molecule is C[C@@H]1CCCN(C(=O)c2ccc(CN3CCCC3)cc2)C1. The fourth-order valence-electron chi connectivity index (χ4n) is 3.51. The lowest BCUT2D eigenvalue weighted by molar-refractivity contribution is 0.0683. The minimum atomic E-state index is 0.203. The van der Waals surface area contributed by atoms with Gasteiger partial charge < -0.3 is 4.90 Å². The number of piperidine rings is 1. The summed E-state index contributed by atoms with van der Waals surface area (Å²) in [5.74, 6) is 0.839. The summed E-state index contributed by atoms with van der Waals surface area (Å²) in [7, 11) is 0. The molecule has 3 heteroatoms. The molecule has 0 saturated carbocycles. The number of hydrogen-bond donors (Lipinski definition) is 0. The molecule has 2 aliphatic heterocycles. The van der Waals surface area contributed by atoms with Crippen molar-refractivity contribution in [1.82, 2.24) is 9.80 Å². The highest BCUT2D eigenvalue weighted by Gasteiger charge is 2.22. The number of carbonyl (C=O) groups is 1. The molecule has 1 aromatic rings. The van der Waals surface area contributed by atoms with Crippen LogP contribution >= 0.6 is 0 Å². The predicted octanol–water partition coefficient (Wildman–Crippen LogP) is 3.15. The van der Waals surface area contributed by atoms with Gasteiger partial charge in [-0.2, -0.15) is 0 Å². The summed E-state index contributed by atoms with van der Waals surface area (Å²) >= 11 is 0. The highest BCUT2D eigenvalue weighted by atomic mass is 16.2. The Morgan fingerprint density at radius 2 is 1.81 bits per heavy atom. The summed E-state index contributed by atoms with van der Waals surface area (Å²) < 4.78 is 0. The van der Waals surface area contributed by atoms with E-state index in [1.807, 2.05) is 17.0 Å². The normalized spacial score (nSPS) is 23.5.